The summed E-state index contributed by atoms with van der Waals surface area (Å²) < 4.78 is 0. The molecule has 2 aliphatic rings. The topological polar surface area (TPSA) is 165 Å². The molecule has 0 bridgehead atoms. The van der Waals surface area contributed by atoms with Crippen molar-refractivity contribution in [1.82, 2.24) is 16.0 Å². The predicted octanol–water partition coefficient (Wildman–Crippen LogP) is 1.38. The zero-order valence-corrected chi connectivity index (χ0v) is 19.2. The molecule has 0 aliphatic carbocycles. The highest BCUT2D eigenvalue weighted by molar-refractivity contribution is 8.04. The number of carbonyl (C=O) groups excluding carboxylic acids is 2. The van der Waals surface area contributed by atoms with Crippen molar-refractivity contribution < 1.29 is 34.5 Å². The van der Waals surface area contributed by atoms with Crippen molar-refractivity contribution in [2.75, 3.05) is 13.1 Å². The first-order valence-electron chi connectivity index (χ1n) is 10.8. The van der Waals surface area contributed by atoms with Crippen LogP contribution in [-0.2, 0) is 14.4 Å². The van der Waals surface area contributed by atoms with E-state index in [1.807, 2.05) is 0 Å². The fourth-order valence-corrected chi connectivity index (χ4v) is 5.75. The molecular weight excluding hydrogens is 474 g/mol. The average Bonchev–Trinajstić information content (AvgIpc) is 3.21. The Morgan fingerprint density at radius 2 is 1.60 bits per heavy atom. The molecule has 0 aromatic heterocycles. The molecule has 3 atom stereocenters. The van der Waals surface area contributed by atoms with Crippen molar-refractivity contribution in [1.29, 1.82) is 0 Å². The first kappa shape index (κ1) is 24.3. The van der Waals surface area contributed by atoms with Gasteiger partial charge in [-0.1, -0.05) is 24.3 Å². The number of carboxylic acids is 2. The van der Waals surface area contributed by atoms with E-state index in [4.69, 9.17) is 5.11 Å². The van der Waals surface area contributed by atoms with Gasteiger partial charge in [0.25, 0.3) is 5.91 Å². The summed E-state index contributed by atoms with van der Waals surface area (Å²) in [5.74, 6) is -5.25. The van der Waals surface area contributed by atoms with Gasteiger partial charge in [-0.3, -0.25) is 14.4 Å². The maximum atomic E-state index is 12.7. The minimum Gasteiger partial charge on any atom is -0.508 e. The van der Waals surface area contributed by atoms with E-state index in [1.54, 1.807) is 48.5 Å². The summed E-state index contributed by atoms with van der Waals surface area (Å²) in [5, 5.41) is 35.4. The Morgan fingerprint density at radius 3 is 2.20 bits per heavy atom. The second kappa shape index (κ2) is 10.2. The van der Waals surface area contributed by atoms with Gasteiger partial charge < -0.3 is 31.3 Å². The number of aliphatic carboxylic acids is 2. The third-order valence-corrected chi connectivity index (χ3v) is 7.34. The third-order valence-electron chi connectivity index (χ3n) is 5.90. The quantitative estimate of drug-likeness (QED) is 0.323. The van der Waals surface area contributed by atoms with Crippen LogP contribution in [0.1, 0.15) is 16.8 Å². The van der Waals surface area contributed by atoms with Crippen molar-refractivity contribution >= 4 is 35.5 Å². The Kier molecular flexibility index (Phi) is 7.08. The molecule has 10 nitrogen and oxygen atoms in total. The number of nitrogens with one attached hydrogen (secondary N) is 3. The molecule has 2 amide bonds. The normalized spacial score (nSPS) is 21.2. The molecule has 6 N–H and O–H groups in total. The number of thioether (sulfide) groups is 1. The summed E-state index contributed by atoms with van der Waals surface area (Å²) in [6, 6.07) is 13.4. The van der Waals surface area contributed by atoms with Crippen LogP contribution in [0.3, 0.4) is 0 Å². The van der Waals surface area contributed by atoms with Crippen LogP contribution < -0.4 is 16.0 Å². The first-order chi connectivity index (χ1) is 16.7. The van der Waals surface area contributed by atoms with Crippen LogP contribution in [0, 0.1) is 5.92 Å². The SMILES string of the molecule is O=C(O)C(=O)NC1SC2=C(CCN[C@H]2CNC(=O)c2ccc(-c3ccc(O)cc3)cc2)C1C(=O)O. The molecule has 2 aromatic rings. The summed E-state index contributed by atoms with van der Waals surface area (Å²) in [6.07, 6.45) is 0.446. The van der Waals surface area contributed by atoms with E-state index in [-0.39, 0.29) is 24.2 Å². The zero-order chi connectivity index (χ0) is 25.1. The molecule has 2 unspecified atom stereocenters. The number of amides is 2. The van der Waals surface area contributed by atoms with Gasteiger partial charge in [0.2, 0.25) is 0 Å². The molecule has 2 aromatic carbocycles. The van der Waals surface area contributed by atoms with Crippen molar-refractivity contribution in [3.05, 3.63) is 64.6 Å². The van der Waals surface area contributed by atoms with Crippen molar-refractivity contribution in [3.8, 4) is 16.9 Å². The van der Waals surface area contributed by atoms with E-state index >= 15 is 0 Å². The van der Waals surface area contributed by atoms with Gasteiger partial charge in [-0.05, 0) is 53.9 Å². The molecule has 35 heavy (non-hydrogen) atoms. The van der Waals surface area contributed by atoms with Gasteiger partial charge in [0, 0.05) is 17.0 Å². The Balaban J connectivity index is 1.42. The third kappa shape index (κ3) is 5.31. The monoisotopic (exact) mass is 497 g/mol. The molecule has 0 fully saturated rings. The highest BCUT2D eigenvalue weighted by atomic mass is 32.2. The maximum Gasteiger partial charge on any atom is 0.394 e. The lowest BCUT2D eigenvalue weighted by Gasteiger charge is -2.26. The van der Waals surface area contributed by atoms with Crippen molar-refractivity contribution in [3.63, 3.8) is 0 Å². The fraction of sp³-hybridized carbons (Fsp3) is 0.250. The summed E-state index contributed by atoms with van der Waals surface area (Å²) in [6.45, 7) is 0.681. The van der Waals surface area contributed by atoms with Gasteiger partial charge in [0.15, 0.2) is 0 Å². The lowest BCUT2D eigenvalue weighted by atomic mass is 9.91. The van der Waals surface area contributed by atoms with Crippen LogP contribution in [0.15, 0.2) is 59.0 Å². The number of aromatic hydroxyl groups is 1. The molecule has 0 radical (unpaired) electrons. The molecule has 4 rings (SSSR count). The van der Waals surface area contributed by atoms with Crippen LogP contribution in [-0.4, -0.2) is 63.6 Å². The van der Waals surface area contributed by atoms with Crippen LogP contribution in [0.4, 0.5) is 0 Å². The molecule has 0 saturated heterocycles. The van der Waals surface area contributed by atoms with Gasteiger partial charge in [0.1, 0.15) is 11.7 Å². The molecule has 11 heteroatoms. The number of rotatable bonds is 6. The lowest BCUT2D eigenvalue weighted by molar-refractivity contribution is -0.150. The minimum atomic E-state index is -1.68. The Labute approximate surface area is 204 Å². The Morgan fingerprint density at radius 1 is 0.971 bits per heavy atom. The van der Waals surface area contributed by atoms with E-state index in [0.717, 1.165) is 22.9 Å². The fourth-order valence-electron chi connectivity index (χ4n) is 4.19. The Hall–Kier alpha value is -3.83. The summed E-state index contributed by atoms with van der Waals surface area (Å²) in [5.41, 5.74) is 2.87. The van der Waals surface area contributed by atoms with Crippen LogP contribution in [0.2, 0.25) is 0 Å². The van der Waals surface area contributed by atoms with Gasteiger partial charge in [0.05, 0.1) is 11.4 Å². The molecular formula is C24H23N3O7S. The molecule has 2 aliphatic heterocycles. The summed E-state index contributed by atoms with van der Waals surface area (Å²) in [7, 11) is 0. The molecule has 0 saturated carbocycles. The first-order valence-corrected chi connectivity index (χ1v) is 11.7. The summed E-state index contributed by atoms with van der Waals surface area (Å²) in [4.78, 5) is 47.8. The van der Waals surface area contributed by atoms with E-state index in [2.05, 4.69) is 16.0 Å². The van der Waals surface area contributed by atoms with Gasteiger partial charge in [-0.2, -0.15) is 0 Å². The van der Waals surface area contributed by atoms with E-state index < -0.39 is 29.1 Å². The van der Waals surface area contributed by atoms with Gasteiger partial charge in [-0.25, -0.2) is 4.79 Å². The standard InChI is InChI=1S/C24H23N3O7S/c28-15-7-5-13(6-8-15)12-1-3-14(4-2-12)20(29)26-11-17-19-16(9-10-25-17)18(23(31)32)22(35-19)27-21(30)24(33)34/h1-8,17-18,22,25,28H,9-11H2,(H,26,29)(H,27,30)(H,31,32)(H,33,34)/t17-,18?,22?/m0/s1. The van der Waals surface area contributed by atoms with E-state index in [1.165, 1.54) is 0 Å². The highest BCUT2D eigenvalue weighted by Crippen LogP contribution is 2.45. The Bertz CT molecular complexity index is 1190. The number of hydrogen-bond acceptors (Lipinski definition) is 7. The number of benzene rings is 2. The lowest BCUT2D eigenvalue weighted by Crippen LogP contribution is -2.44. The molecule has 182 valence electrons. The number of carboxylic acid groups (broad SMARTS) is 2. The van der Waals surface area contributed by atoms with Crippen molar-refractivity contribution in [2.45, 2.75) is 17.8 Å². The van der Waals surface area contributed by atoms with Crippen LogP contribution in [0.5, 0.6) is 5.75 Å². The van der Waals surface area contributed by atoms with Gasteiger partial charge >= 0.3 is 17.8 Å². The van der Waals surface area contributed by atoms with Crippen LogP contribution in [0.25, 0.3) is 11.1 Å². The van der Waals surface area contributed by atoms with E-state index in [0.29, 0.717) is 29.0 Å². The maximum absolute atomic E-state index is 12.7. The van der Waals surface area contributed by atoms with Crippen molar-refractivity contribution in [2.24, 2.45) is 5.92 Å². The number of carbonyl (C=O) groups is 4. The number of phenolic OH excluding ortho intramolecular Hbond substituents is 1. The second-order valence-electron chi connectivity index (χ2n) is 8.11. The average molecular weight is 498 g/mol. The number of phenols is 1. The van der Waals surface area contributed by atoms with Gasteiger partial charge in [-0.15, -0.1) is 11.8 Å². The van der Waals surface area contributed by atoms with E-state index in [9.17, 15) is 29.4 Å². The largest absolute Gasteiger partial charge is 0.508 e. The summed E-state index contributed by atoms with van der Waals surface area (Å²) >= 11 is 1.10. The minimum absolute atomic E-state index is 0.171. The zero-order valence-electron chi connectivity index (χ0n) is 18.4. The second-order valence-corrected chi connectivity index (χ2v) is 9.30. The molecule has 0 spiro atoms. The molecule has 2 heterocycles. The smallest absolute Gasteiger partial charge is 0.394 e. The van der Waals surface area contributed by atoms with Crippen LogP contribution >= 0.6 is 11.8 Å². The predicted molar refractivity (Wildman–Crippen MR) is 128 cm³/mol. The highest BCUT2D eigenvalue weighted by Gasteiger charge is 2.45. The number of hydrogen-bond donors (Lipinski definition) is 6.